The Hall–Kier alpha value is -3.83. The van der Waals surface area contributed by atoms with E-state index in [-0.39, 0.29) is 18.9 Å². The van der Waals surface area contributed by atoms with Gasteiger partial charge in [-0.25, -0.2) is 0 Å². The number of carbonyl (C=O) groups is 3. The summed E-state index contributed by atoms with van der Waals surface area (Å²) in [6, 6.07) is 5.86. The first kappa shape index (κ1) is 27.2. The van der Waals surface area contributed by atoms with E-state index in [4.69, 9.17) is 19.2 Å². The molecule has 0 radical (unpaired) electrons. The number of pyridine rings is 1. The normalized spacial score (nSPS) is 14.7. The number of hydrogen-bond acceptors (Lipinski definition) is 9. The quantitative estimate of drug-likeness (QED) is 0.295. The van der Waals surface area contributed by atoms with Gasteiger partial charge in [-0.1, -0.05) is 0 Å². The molecule has 0 aliphatic carbocycles. The molecular formula is C27H33N5O6. The number of amides is 3. The molecule has 2 aromatic rings. The maximum absolute atomic E-state index is 11.9. The van der Waals surface area contributed by atoms with Gasteiger partial charge in [0.2, 0.25) is 5.91 Å². The van der Waals surface area contributed by atoms with Crippen LogP contribution >= 0.6 is 0 Å². The molecule has 0 fully saturated rings. The monoisotopic (exact) mass is 523 g/mol. The van der Waals surface area contributed by atoms with E-state index in [0.717, 1.165) is 52.4 Å². The van der Waals surface area contributed by atoms with E-state index in [1.54, 1.807) is 7.11 Å². The third-order valence-electron chi connectivity index (χ3n) is 6.27. The lowest BCUT2D eigenvalue weighted by molar-refractivity contribution is -0.137. The minimum atomic E-state index is -0.392. The second kappa shape index (κ2) is 13.1. The average molecular weight is 524 g/mol. The number of methoxy groups -OCH3 is 1. The largest absolute Gasteiger partial charge is 0.491 e. The first-order chi connectivity index (χ1) is 18.5. The fourth-order valence-corrected chi connectivity index (χ4v) is 4.32. The number of aromatic nitrogens is 1. The summed E-state index contributed by atoms with van der Waals surface area (Å²) in [5.41, 5.74) is 3.90. The zero-order chi connectivity index (χ0) is 26.9. The van der Waals surface area contributed by atoms with Crippen molar-refractivity contribution < 1.29 is 28.6 Å². The number of nitrogens with zero attached hydrogens (tertiary/aromatic N) is 4. The Kier molecular flexibility index (Phi) is 9.39. The highest BCUT2D eigenvalue weighted by molar-refractivity contribution is 6.13. The molecule has 1 N–H and O–H groups in total. The molecule has 4 rings (SSSR count). The molecule has 3 amide bonds. The second-order valence-corrected chi connectivity index (χ2v) is 8.83. The van der Waals surface area contributed by atoms with Gasteiger partial charge in [-0.05, 0) is 19.1 Å². The molecule has 3 heterocycles. The first-order valence-corrected chi connectivity index (χ1v) is 12.7. The number of nitrogens with one attached hydrogen (secondary N) is 1. The van der Waals surface area contributed by atoms with Crippen LogP contribution in [0.25, 0.3) is 10.9 Å². The lowest BCUT2D eigenvalue weighted by Gasteiger charge is -2.30. The maximum atomic E-state index is 11.9. The van der Waals surface area contributed by atoms with Gasteiger partial charge in [0.05, 0.1) is 43.8 Å². The highest BCUT2D eigenvalue weighted by Gasteiger charge is 2.24. The molecule has 0 atom stereocenters. The highest BCUT2D eigenvalue weighted by atomic mass is 16.5. The van der Waals surface area contributed by atoms with E-state index in [2.05, 4.69) is 22.1 Å². The number of ether oxygens (including phenoxy) is 3. The molecule has 0 bridgehead atoms. The smallest absolute Gasteiger partial charge is 0.253 e. The zero-order valence-electron chi connectivity index (χ0n) is 21.8. The van der Waals surface area contributed by atoms with Gasteiger partial charge in [-0.3, -0.25) is 29.3 Å². The predicted octanol–water partition coefficient (Wildman–Crippen LogP) is 2.01. The molecule has 0 unspecified atom stereocenters. The van der Waals surface area contributed by atoms with E-state index in [1.807, 2.05) is 24.4 Å². The number of hydrogen-bond donors (Lipinski definition) is 1. The number of fused-ring (bicyclic) bond motifs is 3. The number of benzene rings is 1. The zero-order valence-corrected chi connectivity index (χ0v) is 21.8. The van der Waals surface area contributed by atoms with Gasteiger partial charge < -0.3 is 24.4 Å². The minimum Gasteiger partial charge on any atom is -0.491 e. The summed E-state index contributed by atoms with van der Waals surface area (Å²) < 4.78 is 16.6. The Morgan fingerprint density at radius 2 is 1.92 bits per heavy atom. The second-order valence-electron chi connectivity index (χ2n) is 8.83. The fraction of sp³-hybridized carbons (Fsp3) is 0.444. The molecule has 0 spiro atoms. The Morgan fingerprint density at radius 1 is 1.11 bits per heavy atom. The van der Waals surface area contributed by atoms with E-state index < -0.39 is 11.8 Å². The van der Waals surface area contributed by atoms with Gasteiger partial charge in [0, 0.05) is 68.9 Å². The predicted molar refractivity (Wildman–Crippen MR) is 143 cm³/mol. The van der Waals surface area contributed by atoms with Crippen molar-refractivity contribution in [3.63, 3.8) is 0 Å². The summed E-state index contributed by atoms with van der Waals surface area (Å²) in [4.78, 5) is 47.7. The van der Waals surface area contributed by atoms with Gasteiger partial charge in [0.25, 0.3) is 11.8 Å². The van der Waals surface area contributed by atoms with Gasteiger partial charge in [-0.2, -0.15) is 0 Å². The van der Waals surface area contributed by atoms with Gasteiger partial charge >= 0.3 is 0 Å². The van der Waals surface area contributed by atoms with Crippen molar-refractivity contribution in [1.82, 2.24) is 15.2 Å². The Balaban J connectivity index is 1.19. The van der Waals surface area contributed by atoms with Gasteiger partial charge in [-0.15, -0.1) is 0 Å². The lowest BCUT2D eigenvalue weighted by Crippen LogP contribution is -2.35. The van der Waals surface area contributed by atoms with Crippen LogP contribution in [-0.2, 0) is 23.9 Å². The van der Waals surface area contributed by atoms with E-state index in [0.29, 0.717) is 38.7 Å². The summed E-state index contributed by atoms with van der Waals surface area (Å²) >= 11 is 0. The third kappa shape index (κ3) is 6.73. The number of rotatable bonds is 14. The minimum absolute atomic E-state index is 0.0544. The Bertz CT molecular complexity index is 1230. The maximum Gasteiger partial charge on any atom is 0.253 e. The summed E-state index contributed by atoms with van der Waals surface area (Å²) in [6.07, 6.45) is 5.07. The average Bonchev–Trinajstić information content (AvgIpc) is 3.25. The summed E-state index contributed by atoms with van der Waals surface area (Å²) in [6.45, 7) is 5.84. The highest BCUT2D eigenvalue weighted by Crippen LogP contribution is 2.39. The van der Waals surface area contributed by atoms with Crippen molar-refractivity contribution in [3.05, 3.63) is 36.5 Å². The number of aliphatic imine (C=N–C) groups is 1. The van der Waals surface area contributed by atoms with E-state index >= 15 is 0 Å². The molecule has 1 aromatic carbocycles. The molecule has 2 aliphatic heterocycles. The molecule has 11 nitrogen and oxygen atoms in total. The van der Waals surface area contributed by atoms with E-state index in [9.17, 15) is 14.4 Å². The lowest BCUT2D eigenvalue weighted by atomic mass is 10.1. The molecule has 11 heteroatoms. The standard InChI is InChI=1S/C27H33N5O6/c1-3-31-18-19(9-12-36-2)30-23-17-29-22-16-20(4-5-21(22)27(23)31)38-15-14-37-13-10-28-24(33)8-11-32-25(34)6-7-26(32)35/h4-7,16-17H,3,8-15,18H2,1-2H3,(H,28,33). The van der Waals surface area contributed by atoms with Crippen LogP contribution in [0.2, 0.25) is 0 Å². The number of imide groups is 1. The van der Waals surface area contributed by atoms with Crippen LogP contribution < -0.4 is 15.0 Å². The third-order valence-corrected chi connectivity index (χ3v) is 6.27. The Labute approximate surface area is 221 Å². The molecule has 0 saturated carbocycles. The number of anilines is 1. The fourth-order valence-electron chi connectivity index (χ4n) is 4.32. The van der Waals surface area contributed by atoms with E-state index in [1.165, 1.54) is 12.2 Å². The van der Waals surface area contributed by atoms with Crippen LogP contribution in [0.3, 0.4) is 0 Å². The summed E-state index contributed by atoms with van der Waals surface area (Å²) in [7, 11) is 1.70. The van der Waals surface area contributed by atoms with Crippen molar-refractivity contribution in [2.75, 3.05) is 64.6 Å². The van der Waals surface area contributed by atoms with Crippen molar-refractivity contribution in [3.8, 4) is 5.75 Å². The van der Waals surface area contributed by atoms with Crippen LogP contribution in [0.4, 0.5) is 11.4 Å². The molecule has 2 aliphatic rings. The molecule has 0 saturated heterocycles. The van der Waals surface area contributed by atoms with Crippen molar-refractivity contribution in [2.45, 2.75) is 19.8 Å². The van der Waals surface area contributed by atoms with Crippen molar-refractivity contribution in [1.29, 1.82) is 0 Å². The van der Waals surface area contributed by atoms with Gasteiger partial charge in [0.1, 0.15) is 18.0 Å². The van der Waals surface area contributed by atoms with Crippen molar-refractivity contribution >= 4 is 45.7 Å². The number of carbonyl (C=O) groups excluding carboxylic acids is 3. The van der Waals surface area contributed by atoms with Crippen LogP contribution in [0, 0.1) is 0 Å². The SMILES string of the molecule is CCN1CC(CCOC)=Nc2cnc3cc(OCCOCCNC(=O)CCN4C(=O)C=CC4=O)ccc3c21. The van der Waals surface area contributed by atoms with Crippen LogP contribution in [-0.4, -0.2) is 93.0 Å². The molecule has 202 valence electrons. The topological polar surface area (TPSA) is 123 Å². The molecule has 38 heavy (non-hydrogen) atoms. The molecule has 1 aromatic heterocycles. The van der Waals surface area contributed by atoms with Crippen LogP contribution in [0.5, 0.6) is 5.75 Å². The van der Waals surface area contributed by atoms with Crippen LogP contribution in [0.15, 0.2) is 41.5 Å². The first-order valence-electron chi connectivity index (χ1n) is 12.7. The Morgan fingerprint density at radius 3 is 2.68 bits per heavy atom. The summed E-state index contributed by atoms with van der Waals surface area (Å²) in [5, 5.41) is 3.74. The summed E-state index contributed by atoms with van der Waals surface area (Å²) in [5.74, 6) is -0.332. The van der Waals surface area contributed by atoms with Crippen molar-refractivity contribution in [2.24, 2.45) is 4.99 Å². The van der Waals surface area contributed by atoms with Crippen LogP contribution in [0.1, 0.15) is 19.8 Å². The molecular weight excluding hydrogens is 490 g/mol. The van der Waals surface area contributed by atoms with Gasteiger partial charge in [0.15, 0.2) is 0 Å².